The number of para-hydroxylation sites is 1. The van der Waals surface area contributed by atoms with Crippen LogP contribution in [-0.2, 0) is 0 Å². The van der Waals surface area contributed by atoms with E-state index in [-0.39, 0.29) is 6.17 Å². The Balaban J connectivity index is 1.89. The van der Waals surface area contributed by atoms with E-state index >= 15 is 0 Å². The van der Waals surface area contributed by atoms with Crippen molar-refractivity contribution < 1.29 is 4.74 Å². The second-order valence-electron chi connectivity index (χ2n) is 6.18. The van der Waals surface area contributed by atoms with Crippen molar-refractivity contribution in [2.45, 2.75) is 26.9 Å². The van der Waals surface area contributed by atoms with Gasteiger partial charge in [0.15, 0.2) is 6.17 Å². The topological polar surface area (TPSA) is 39.1 Å². The molecule has 1 aromatic heterocycles. The molecule has 2 heterocycles. The lowest BCUT2D eigenvalue weighted by molar-refractivity contribution is 0.332. The molecule has 4 rings (SSSR count). The molecule has 0 radical (unpaired) electrons. The van der Waals surface area contributed by atoms with E-state index in [4.69, 9.17) is 9.84 Å². The molecule has 4 nitrogen and oxygen atoms in total. The first kappa shape index (κ1) is 14.8. The molecular weight excluding hydrogens is 298 g/mol. The van der Waals surface area contributed by atoms with Crippen molar-refractivity contribution in [2.75, 3.05) is 11.9 Å². The van der Waals surface area contributed by atoms with E-state index in [0.717, 1.165) is 28.4 Å². The molecule has 1 aliphatic heterocycles. The molecule has 2 aromatic carbocycles. The molecule has 0 fully saturated rings. The van der Waals surface area contributed by atoms with Gasteiger partial charge in [0.1, 0.15) is 5.75 Å². The second kappa shape index (κ2) is 5.71. The van der Waals surface area contributed by atoms with Crippen LogP contribution < -0.4 is 10.1 Å². The van der Waals surface area contributed by atoms with Crippen LogP contribution in [0.4, 0.5) is 5.69 Å². The Labute approximate surface area is 142 Å². The van der Waals surface area contributed by atoms with E-state index in [1.54, 1.807) is 0 Å². The summed E-state index contributed by atoms with van der Waals surface area (Å²) < 4.78 is 7.90. The smallest absolute Gasteiger partial charge is 0.150 e. The van der Waals surface area contributed by atoms with Crippen molar-refractivity contribution in [3.63, 3.8) is 0 Å². The molecule has 4 heteroatoms. The number of nitrogens with one attached hydrogen (secondary N) is 1. The number of aryl methyl sites for hydroxylation is 2. The molecule has 0 saturated heterocycles. The van der Waals surface area contributed by atoms with Gasteiger partial charge in [0.2, 0.25) is 0 Å². The van der Waals surface area contributed by atoms with Crippen molar-refractivity contribution in [1.82, 2.24) is 9.78 Å². The van der Waals surface area contributed by atoms with E-state index in [1.165, 1.54) is 11.1 Å². The molecule has 0 bridgehead atoms. The number of hydrogen-bond acceptors (Lipinski definition) is 3. The van der Waals surface area contributed by atoms with Crippen molar-refractivity contribution in [3.8, 4) is 17.0 Å². The first-order valence-corrected chi connectivity index (χ1v) is 8.33. The number of rotatable bonds is 3. The summed E-state index contributed by atoms with van der Waals surface area (Å²) in [5.41, 5.74) is 6.82. The summed E-state index contributed by atoms with van der Waals surface area (Å²) >= 11 is 0. The number of anilines is 1. The Morgan fingerprint density at radius 2 is 1.96 bits per heavy atom. The van der Waals surface area contributed by atoms with Crippen molar-refractivity contribution in [1.29, 1.82) is 0 Å². The van der Waals surface area contributed by atoms with Gasteiger partial charge in [-0.2, -0.15) is 5.10 Å². The number of fused-ring (bicyclic) bond motifs is 3. The molecule has 0 aliphatic carbocycles. The highest BCUT2D eigenvalue weighted by atomic mass is 16.5. The van der Waals surface area contributed by atoms with Gasteiger partial charge in [-0.3, -0.25) is 0 Å². The minimum atomic E-state index is -0.0772. The van der Waals surface area contributed by atoms with Crippen LogP contribution >= 0.6 is 0 Å². The fraction of sp³-hybridized carbons (Fsp3) is 0.250. The Bertz CT molecular complexity index is 898. The lowest BCUT2D eigenvalue weighted by Crippen LogP contribution is -2.26. The normalized spacial score (nSPS) is 15.4. The van der Waals surface area contributed by atoms with Gasteiger partial charge in [0.05, 0.1) is 18.0 Å². The van der Waals surface area contributed by atoms with Crippen molar-refractivity contribution >= 4 is 5.69 Å². The first-order chi connectivity index (χ1) is 11.7. The average Bonchev–Trinajstić information content (AvgIpc) is 2.97. The van der Waals surface area contributed by atoms with Crippen molar-refractivity contribution in [3.05, 3.63) is 65.4 Å². The molecule has 1 N–H and O–H groups in total. The predicted molar refractivity (Wildman–Crippen MR) is 96.5 cm³/mol. The highest BCUT2D eigenvalue weighted by molar-refractivity contribution is 5.79. The number of aromatic nitrogens is 2. The van der Waals surface area contributed by atoms with E-state index < -0.39 is 0 Å². The molecule has 1 unspecified atom stereocenters. The quantitative estimate of drug-likeness (QED) is 0.770. The lowest BCUT2D eigenvalue weighted by Gasteiger charge is -2.30. The Hall–Kier alpha value is -2.75. The maximum absolute atomic E-state index is 5.84. The molecule has 3 aromatic rings. The zero-order chi connectivity index (χ0) is 16.7. The van der Waals surface area contributed by atoms with Gasteiger partial charge in [-0.05, 0) is 45.0 Å². The summed E-state index contributed by atoms with van der Waals surface area (Å²) in [7, 11) is 0. The molecule has 0 saturated carbocycles. The first-order valence-electron chi connectivity index (χ1n) is 8.33. The van der Waals surface area contributed by atoms with Crippen LogP contribution in [0.1, 0.15) is 29.9 Å². The van der Waals surface area contributed by atoms with E-state index in [0.29, 0.717) is 6.61 Å². The van der Waals surface area contributed by atoms with Gasteiger partial charge in [-0.1, -0.05) is 29.8 Å². The highest BCUT2D eigenvalue weighted by Crippen LogP contribution is 2.40. The molecule has 1 aliphatic rings. The zero-order valence-electron chi connectivity index (χ0n) is 14.2. The van der Waals surface area contributed by atoms with Crippen LogP contribution in [0.5, 0.6) is 5.75 Å². The SMILES string of the molecule is CCOc1ccccc1C1Nc2ccc(C)cc2-c2cc(C)nn21. The fourth-order valence-corrected chi connectivity index (χ4v) is 3.32. The van der Waals surface area contributed by atoms with Gasteiger partial charge in [0.25, 0.3) is 0 Å². The summed E-state index contributed by atoms with van der Waals surface area (Å²) in [5.74, 6) is 0.896. The third-order valence-electron chi connectivity index (χ3n) is 4.36. The summed E-state index contributed by atoms with van der Waals surface area (Å²) in [6, 6.07) is 16.8. The largest absolute Gasteiger partial charge is 0.493 e. The number of hydrogen-bond donors (Lipinski definition) is 1. The third kappa shape index (κ3) is 2.35. The standard InChI is InChI=1S/C20H21N3O/c1-4-24-19-8-6-5-7-15(19)20-21-17-10-9-13(2)11-16(17)18-12-14(3)22-23(18)20/h5-12,20-21H,4H2,1-3H3. The van der Waals surface area contributed by atoms with Gasteiger partial charge in [-0.25, -0.2) is 4.68 Å². The van der Waals surface area contributed by atoms with Gasteiger partial charge < -0.3 is 10.1 Å². The van der Waals surface area contributed by atoms with Crippen LogP contribution in [0.25, 0.3) is 11.3 Å². The number of ether oxygens (including phenoxy) is 1. The Morgan fingerprint density at radius 1 is 1.12 bits per heavy atom. The average molecular weight is 319 g/mol. The molecule has 122 valence electrons. The Morgan fingerprint density at radius 3 is 2.79 bits per heavy atom. The summed E-state index contributed by atoms with van der Waals surface area (Å²) in [5, 5.41) is 8.37. The van der Waals surface area contributed by atoms with Crippen LogP contribution in [0.2, 0.25) is 0 Å². The summed E-state index contributed by atoms with van der Waals surface area (Å²) in [6.45, 7) is 6.80. The highest BCUT2D eigenvalue weighted by Gasteiger charge is 2.28. The van der Waals surface area contributed by atoms with E-state index in [9.17, 15) is 0 Å². The fourth-order valence-electron chi connectivity index (χ4n) is 3.32. The molecular formula is C20H21N3O. The minimum Gasteiger partial charge on any atom is -0.493 e. The maximum atomic E-state index is 5.84. The lowest BCUT2D eigenvalue weighted by atomic mass is 10.0. The van der Waals surface area contributed by atoms with Crippen LogP contribution in [0.3, 0.4) is 0 Å². The van der Waals surface area contributed by atoms with Crippen LogP contribution in [0.15, 0.2) is 48.5 Å². The molecule has 0 amide bonds. The number of nitrogens with zero attached hydrogens (tertiary/aromatic N) is 2. The predicted octanol–water partition coefficient (Wildman–Crippen LogP) is 4.54. The van der Waals surface area contributed by atoms with E-state index in [2.05, 4.69) is 47.3 Å². The molecule has 1 atom stereocenters. The minimum absolute atomic E-state index is 0.0772. The van der Waals surface area contributed by atoms with Crippen LogP contribution in [0, 0.1) is 13.8 Å². The summed E-state index contributed by atoms with van der Waals surface area (Å²) in [6.07, 6.45) is -0.0772. The monoisotopic (exact) mass is 319 g/mol. The van der Waals surface area contributed by atoms with Gasteiger partial charge in [0, 0.05) is 16.8 Å². The van der Waals surface area contributed by atoms with Crippen LogP contribution in [-0.4, -0.2) is 16.4 Å². The van der Waals surface area contributed by atoms with Crippen molar-refractivity contribution in [2.24, 2.45) is 0 Å². The second-order valence-corrected chi connectivity index (χ2v) is 6.18. The van der Waals surface area contributed by atoms with E-state index in [1.807, 2.05) is 32.0 Å². The summed E-state index contributed by atoms with van der Waals surface area (Å²) in [4.78, 5) is 0. The zero-order valence-corrected chi connectivity index (χ0v) is 14.2. The third-order valence-corrected chi connectivity index (χ3v) is 4.36. The van der Waals surface area contributed by atoms with Gasteiger partial charge >= 0.3 is 0 Å². The number of benzene rings is 2. The molecule has 0 spiro atoms. The van der Waals surface area contributed by atoms with Gasteiger partial charge in [-0.15, -0.1) is 0 Å². The maximum Gasteiger partial charge on any atom is 0.150 e. The molecule has 24 heavy (non-hydrogen) atoms. The Kier molecular flexibility index (Phi) is 3.53.